The molecule has 0 rings (SSSR count). The number of aliphatic carboxylic acids is 1. The molecule has 1 atom stereocenters. The van der Waals surface area contributed by atoms with Gasteiger partial charge in [0.05, 0.1) is 33.0 Å². The van der Waals surface area contributed by atoms with Crippen LogP contribution in [0.1, 0.15) is 162 Å². The molecule has 0 aromatic rings. The molecule has 0 fully saturated rings. The van der Waals surface area contributed by atoms with Gasteiger partial charge in [0.2, 0.25) is 5.91 Å². The van der Waals surface area contributed by atoms with Crippen molar-refractivity contribution in [1.29, 1.82) is 0 Å². The number of carboxylic acid groups (broad SMARTS) is 1. The third kappa shape index (κ3) is 39.0. The second kappa shape index (κ2) is 37.8. The molecular weight excluding hydrogens is 682 g/mol. The third-order valence-electron chi connectivity index (χ3n) is 9.04. The monoisotopic (exact) mass is 756 g/mol. The number of hydrogen-bond donors (Lipinski definition) is 2. The smallest absolute Gasteiger partial charge is 0.303 e. The van der Waals surface area contributed by atoms with E-state index in [1.807, 2.05) is 0 Å². The Morgan fingerprint density at radius 1 is 0.491 bits per heavy atom. The van der Waals surface area contributed by atoms with Crippen molar-refractivity contribution in [2.24, 2.45) is 5.92 Å². The number of Topliss-reactive ketones (excluding diaryl/α,β-unsaturated/α-hetero) is 4. The molecule has 0 saturated carbocycles. The van der Waals surface area contributed by atoms with Gasteiger partial charge >= 0.3 is 5.97 Å². The van der Waals surface area contributed by atoms with Crippen molar-refractivity contribution >= 4 is 35.0 Å². The molecule has 0 aliphatic rings. The first-order valence-electron chi connectivity index (χ1n) is 20.4. The van der Waals surface area contributed by atoms with Gasteiger partial charge in [-0.1, -0.05) is 89.9 Å². The Hall–Kier alpha value is -2.54. The average Bonchev–Trinajstić information content (AvgIpc) is 3.11. The Balaban J connectivity index is 3.40. The second-order valence-electron chi connectivity index (χ2n) is 14.2. The number of ether oxygens (including phenoxy) is 4. The summed E-state index contributed by atoms with van der Waals surface area (Å²) in [7, 11) is 0. The fraction of sp³-hybridized carbons (Fsp3) is 0.854. The van der Waals surface area contributed by atoms with Gasteiger partial charge in [-0.25, -0.2) is 0 Å². The van der Waals surface area contributed by atoms with Crippen molar-refractivity contribution < 1.29 is 52.8 Å². The van der Waals surface area contributed by atoms with Crippen LogP contribution in [0, 0.1) is 5.92 Å². The second-order valence-corrected chi connectivity index (χ2v) is 14.2. The topological polar surface area (TPSA) is 172 Å². The molecule has 1 amide bonds. The maximum absolute atomic E-state index is 12.1. The molecule has 0 radical (unpaired) electrons. The molecule has 308 valence electrons. The highest BCUT2D eigenvalue weighted by Crippen LogP contribution is 2.15. The summed E-state index contributed by atoms with van der Waals surface area (Å²) in [5.74, 6) is -1.40. The van der Waals surface area contributed by atoms with Gasteiger partial charge in [-0.15, -0.1) is 0 Å². The van der Waals surface area contributed by atoms with Gasteiger partial charge in [0.25, 0.3) is 0 Å². The first kappa shape index (κ1) is 50.5. The van der Waals surface area contributed by atoms with Crippen LogP contribution in [0.3, 0.4) is 0 Å². The zero-order valence-corrected chi connectivity index (χ0v) is 33.2. The third-order valence-corrected chi connectivity index (χ3v) is 9.04. The van der Waals surface area contributed by atoms with Crippen LogP contribution in [0.25, 0.3) is 0 Å². The van der Waals surface area contributed by atoms with Crippen molar-refractivity contribution in [1.82, 2.24) is 5.32 Å². The van der Waals surface area contributed by atoms with Crippen molar-refractivity contribution in [3.05, 3.63) is 0 Å². The molecule has 0 unspecified atom stereocenters. The van der Waals surface area contributed by atoms with E-state index in [-0.39, 0.29) is 75.7 Å². The maximum atomic E-state index is 12.1. The van der Waals surface area contributed by atoms with E-state index < -0.39 is 11.9 Å². The van der Waals surface area contributed by atoms with Crippen LogP contribution in [-0.2, 0) is 47.7 Å². The molecule has 2 N–H and O–H groups in total. The van der Waals surface area contributed by atoms with E-state index >= 15 is 0 Å². The number of amides is 1. The number of ketones is 4. The summed E-state index contributed by atoms with van der Waals surface area (Å²) in [4.78, 5) is 69.4. The summed E-state index contributed by atoms with van der Waals surface area (Å²) in [6, 6.07) is 0. The molecule has 0 aliphatic heterocycles. The van der Waals surface area contributed by atoms with Gasteiger partial charge < -0.3 is 34.2 Å². The Labute approximate surface area is 319 Å². The van der Waals surface area contributed by atoms with Crippen LogP contribution >= 0.6 is 0 Å². The molecule has 0 saturated heterocycles. The van der Waals surface area contributed by atoms with E-state index in [9.17, 15) is 28.8 Å². The number of hydrogen-bond acceptors (Lipinski definition) is 10. The van der Waals surface area contributed by atoms with E-state index in [2.05, 4.69) is 5.32 Å². The number of carboxylic acids is 1. The van der Waals surface area contributed by atoms with Gasteiger partial charge in [-0.2, -0.15) is 0 Å². The highest BCUT2D eigenvalue weighted by atomic mass is 16.5. The first-order chi connectivity index (χ1) is 25.6. The first-order valence-corrected chi connectivity index (χ1v) is 20.4. The molecule has 0 aromatic carbocycles. The quantitative estimate of drug-likeness (QED) is 0.0606. The molecule has 0 bridgehead atoms. The summed E-state index contributed by atoms with van der Waals surface area (Å²) < 4.78 is 21.5. The van der Waals surface area contributed by atoms with E-state index in [0.717, 1.165) is 32.1 Å². The summed E-state index contributed by atoms with van der Waals surface area (Å²) in [6.07, 6.45) is 22.1. The molecule has 12 nitrogen and oxygen atoms in total. The van der Waals surface area contributed by atoms with Gasteiger partial charge in [0.15, 0.2) is 5.78 Å². The number of carbonyl (C=O) groups is 6. The lowest BCUT2D eigenvalue weighted by Gasteiger charge is -2.12. The summed E-state index contributed by atoms with van der Waals surface area (Å²) in [5.41, 5.74) is 0. The number of rotatable bonds is 42. The largest absolute Gasteiger partial charge is 0.481 e. The lowest BCUT2D eigenvalue weighted by molar-refractivity contribution is -0.137. The standard InChI is InChI=1S/C41H73NO11/c1-35(43)23-24-37(36(2)44)32-39(46)33-52-30-29-51-27-25-42-40(47)34-53-31-28-50-26-19-21-38(45)20-17-15-13-11-9-7-5-3-4-6-8-10-12-14-16-18-22-41(48)49/h37H,3-34H2,1-2H3,(H,42,47)(H,48,49)/t37-/m1/s1. The van der Waals surface area contributed by atoms with E-state index in [4.69, 9.17) is 24.1 Å². The van der Waals surface area contributed by atoms with E-state index in [1.165, 1.54) is 84.5 Å². The van der Waals surface area contributed by atoms with E-state index in [0.29, 0.717) is 57.6 Å². The van der Waals surface area contributed by atoms with Crippen LogP contribution in [0.15, 0.2) is 0 Å². The fourth-order valence-electron chi connectivity index (χ4n) is 5.83. The maximum Gasteiger partial charge on any atom is 0.303 e. The zero-order chi connectivity index (χ0) is 39.2. The predicted molar refractivity (Wildman–Crippen MR) is 205 cm³/mol. The van der Waals surface area contributed by atoms with Gasteiger partial charge in [0, 0.05) is 51.2 Å². The van der Waals surface area contributed by atoms with Gasteiger partial charge in [-0.05, 0) is 39.5 Å². The fourth-order valence-corrected chi connectivity index (χ4v) is 5.83. The average molecular weight is 756 g/mol. The van der Waals surface area contributed by atoms with Gasteiger partial charge in [0.1, 0.15) is 30.6 Å². The number of unbranched alkanes of at least 4 members (excludes halogenated alkanes) is 15. The van der Waals surface area contributed by atoms with Crippen molar-refractivity contribution in [3.63, 3.8) is 0 Å². The number of nitrogens with one attached hydrogen (secondary N) is 1. The Kier molecular flexibility index (Phi) is 36.0. The highest BCUT2D eigenvalue weighted by molar-refractivity contribution is 5.87. The molecular formula is C41H73NO11. The minimum Gasteiger partial charge on any atom is -0.481 e. The molecule has 0 spiro atoms. The Morgan fingerprint density at radius 2 is 0.943 bits per heavy atom. The Bertz CT molecular complexity index is 972. The minimum atomic E-state index is -0.685. The zero-order valence-electron chi connectivity index (χ0n) is 33.2. The van der Waals surface area contributed by atoms with Crippen LogP contribution in [0.4, 0.5) is 0 Å². The SMILES string of the molecule is CC(=O)CC[C@H](CC(=O)COCCOCCNC(=O)COCCOCCCC(=O)CCCCCCCCCCCCCCCCCCC(=O)O)C(C)=O. The van der Waals surface area contributed by atoms with Crippen molar-refractivity contribution in [2.75, 3.05) is 59.4 Å². The van der Waals surface area contributed by atoms with Crippen LogP contribution < -0.4 is 5.32 Å². The highest BCUT2D eigenvalue weighted by Gasteiger charge is 2.19. The van der Waals surface area contributed by atoms with Crippen LogP contribution in [0.2, 0.25) is 0 Å². The molecule has 0 aromatic heterocycles. The number of carbonyl (C=O) groups excluding carboxylic acids is 5. The normalized spacial score (nSPS) is 11.7. The lowest BCUT2D eigenvalue weighted by Crippen LogP contribution is -2.31. The summed E-state index contributed by atoms with van der Waals surface area (Å²) in [6.45, 7) is 4.90. The summed E-state index contributed by atoms with van der Waals surface area (Å²) in [5, 5.41) is 11.3. The molecule has 0 aliphatic carbocycles. The molecule has 0 heterocycles. The van der Waals surface area contributed by atoms with Crippen molar-refractivity contribution in [3.8, 4) is 0 Å². The van der Waals surface area contributed by atoms with E-state index in [1.54, 1.807) is 0 Å². The lowest BCUT2D eigenvalue weighted by atomic mass is 9.93. The van der Waals surface area contributed by atoms with Crippen molar-refractivity contribution in [2.45, 2.75) is 162 Å². The van der Waals surface area contributed by atoms with Crippen LogP contribution in [-0.4, -0.2) is 99.5 Å². The predicted octanol–water partition coefficient (Wildman–Crippen LogP) is 7.16. The molecule has 12 heteroatoms. The van der Waals surface area contributed by atoms with Gasteiger partial charge in [-0.3, -0.25) is 24.0 Å². The minimum absolute atomic E-state index is 0.00709. The van der Waals surface area contributed by atoms with Crippen LogP contribution in [0.5, 0.6) is 0 Å². The molecule has 53 heavy (non-hydrogen) atoms. The summed E-state index contributed by atoms with van der Waals surface area (Å²) >= 11 is 0. The Morgan fingerprint density at radius 3 is 1.45 bits per heavy atom.